The smallest absolute Gasteiger partial charge is 0.222 e. The van der Waals surface area contributed by atoms with Gasteiger partial charge in [0.25, 0.3) is 0 Å². The summed E-state index contributed by atoms with van der Waals surface area (Å²) in [4.78, 5) is 7.93. The molecule has 0 saturated carbocycles. The van der Waals surface area contributed by atoms with Gasteiger partial charge in [-0.15, -0.1) is 0 Å². The molecule has 1 heterocycles. The first-order chi connectivity index (χ1) is 5.22. The lowest BCUT2D eigenvalue weighted by molar-refractivity contribution is 0.901. The Bertz CT molecular complexity index is 229. The van der Waals surface area contributed by atoms with Crippen LogP contribution in [0.2, 0.25) is 5.28 Å². The number of hydrogen-bond donors (Lipinski definition) is 1. The molecule has 0 radical (unpaired) electrons. The predicted molar refractivity (Wildman–Crippen MR) is 44.5 cm³/mol. The Morgan fingerprint density at radius 3 is 2.82 bits per heavy atom. The molecule has 1 aromatic heterocycles. The molecule has 0 aliphatic carbocycles. The van der Waals surface area contributed by atoms with Crippen molar-refractivity contribution >= 4 is 11.6 Å². The van der Waals surface area contributed by atoms with E-state index >= 15 is 0 Å². The fraction of sp³-hybridized carbons (Fsp3) is 0.429. The SMILES string of the molecule is Cc1cc(CCN)nc(Cl)n1. The van der Waals surface area contributed by atoms with Crippen molar-refractivity contribution in [1.29, 1.82) is 0 Å². The third-order valence-corrected chi connectivity index (χ3v) is 1.45. The van der Waals surface area contributed by atoms with Gasteiger partial charge in [-0.2, -0.15) is 0 Å². The van der Waals surface area contributed by atoms with E-state index in [0.717, 1.165) is 17.8 Å². The van der Waals surface area contributed by atoms with Gasteiger partial charge in [0.15, 0.2) is 0 Å². The van der Waals surface area contributed by atoms with Gasteiger partial charge in [-0.25, -0.2) is 9.97 Å². The summed E-state index contributed by atoms with van der Waals surface area (Å²) in [5, 5.41) is 0.299. The lowest BCUT2D eigenvalue weighted by Gasteiger charge is -1.98. The first-order valence-corrected chi connectivity index (χ1v) is 3.80. The summed E-state index contributed by atoms with van der Waals surface area (Å²) in [6.45, 7) is 2.47. The van der Waals surface area contributed by atoms with Crippen molar-refractivity contribution in [2.45, 2.75) is 13.3 Å². The molecule has 3 nitrogen and oxygen atoms in total. The Kier molecular flexibility index (Phi) is 2.79. The lowest BCUT2D eigenvalue weighted by Crippen LogP contribution is -2.05. The molecule has 0 unspecified atom stereocenters. The van der Waals surface area contributed by atoms with Crippen molar-refractivity contribution in [3.63, 3.8) is 0 Å². The second-order valence-corrected chi connectivity index (χ2v) is 2.65. The molecule has 0 spiro atoms. The van der Waals surface area contributed by atoms with Gasteiger partial charge in [-0.05, 0) is 31.1 Å². The zero-order valence-corrected chi connectivity index (χ0v) is 7.10. The van der Waals surface area contributed by atoms with Crippen molar-refractivity contribution in [1.82, 2.24) is 9.97 Å². The highest BCUT2D eigenvalue weighted by Crippen LogP contribution is 2.04. The van der Waals surface area contributed by atoms with Crippen LogP contribution in [0.15, 0.2) is 6.07 Å². The zero-order chi connectivity index (χ0) is 8.27. The normalized spacial score (nSPS) is 10.1. The molecular weight excluding hydrogens is 162 g/mol. The minimum absolute atomic E-state index is 0.299. The zero-order valence-electron chi connectivity index (χ0n) is 6.34. The van der Waals surface area contributed by atoms with Crippen LogP contribution in [0.5, 0.6) is 0 Å². The average Bonchev–Trinajstić information content (AvgIpc) is 1.85. The average molecular weight is 172 g/mol. The summed E-state index contributed by atoms with van der Waals surface area (Å²) in [5.74, 6) is 0. The highest BCUT2D eigenvalue weighted by atomic mass is 35.5. The highest BCUT2D eigenvalue weighted by Gasteiger charge is 1.97. The summed E-state index contributed by atoms with van der Waals surface area (Å²) in [5.41, 5.74) is 7.15. The molecule has 0 fully saturated rings. The summed E-state index contributed by atoms with van der Waals surface area (Å²) < 4.78 is 0. The van der Waals surface area contributed by atoms with E-state index in [1.165, 1.54) is 0 Å². The van der Waals surface area contributed by atoms with E-state index in [4.69, 9.17) is 17.3 Å². The van der Waals surface area contributed by atoms with Gasteiger partial charge in [0, 0.05) is 17.8 Å². The van der Waals surface area contributed by atoms with Gasteiger partial charge >= 0.3 is 0 Å². The molecule has 0 atom stereocenters. The van der Waals surface area contributed by atoms with Gasteiger partial charge in [-0.1, -0.05) is 0 Å². The van der Waals surface area contributed by atoms with Crippen LogP contribution in [0.3, 0.4) is 0 Å². The van der Waals surface area contributed by atoms with Crippen LogP contribution in [0, 0.1) is 6.92 Å². The number of halogens is 1. The van der Waals surface area contributed by atoms with Gasteiger partial charge < -0.3 is 5.73 Å². The number of rotatable bonds is 2. The van der Waals surface area contributed by atoms with Crippen LogP contribution in [0.4, 0.5) is 0 Å². The van der Waals surface area contributed by atoms with Gasteiger partial charge in [0.05, 0.1) is 0 Å². The molecule has 1 aromatic rings. The standard InChI is InChI=1S/C7H10ClN3/c1-5-4-6(2-3-9)11-7(8)10-5/h4H,2-3,9H2,1H3. The van der Waals surface area contributed by atoms with E-state index in [0.29, 0.717) is 11.8 Å². The van der Waals surface area contributed by atoms with Crippen molar-refractivity contribution < 1.29 is 0 Å². The van der Waals surface area contributed by atoms with Crippen LogP contribution < -0.4 is 5.73 Å². The highest BCUT2D eigenvalue weighted by molar-refractivity contribution is 6.28. The third kappa shape index (κ3) is 2.44. The summed E-state index contributed by atoms with van der Waals surface area (Å²) in [6.07, 6.45) is 0.753. The summed E-state index contributed by atoms with van der Waals surface area (Å²) in [6, 6.07) is 1.89. The van der Waals surface area contributed by atoms with E-state index in [-0.39, 0.29) is 0 Å². The van der Waals surface area contributed by atoms with Crippen LogP contribution in [0.25, 0.3) is 0 Å². The monoisotopic (exact) mass is 171 g/mol. The first-order valence-electron chi connectivity index (χ1n) is 3.42. The molecular formula is C7H10ClN3. The van der Waals surface area contributed by atoms with E-state index < -0.39 is 0 Å². The van der Waals surface area contributed by atoms with E-state index in [2.05, 4.69) is 9.97 Å². The van der Waals surface area contributed by atoms with Gasteiger partial charge in [0.1, 0.15) is 0 Å². The summed E-state index contributed by atoms with van der Waals surface area (Å²) >= 11 is 5.62. The Hall–Kier alpha value is -0.670. The predicted octanol–water partition coefficient (Wildman–Crippen LogP) is 0.940. The molecule has 0 amide bonds. The van der Waals surface area contributed by atoms with Crippen molar-refractivity contribution in [2.75, 3.05) is 6.54 Å². The number of nitrogens with zero attached hydrogens (tertiary/aromatic N) is 2. The molecule has 0 aromatic carbocycles. The van der Waals surface area contributed by atoms with Crippen LogP contribution in [0.1, 0.15) is 11.4 Å². The third-order valence-electron chi connectivity index (χ3n) is 1.28. The topological polar surface area (TPSA) is 51.8 Å². The lowest BCUT2D eigenvalue weighted by atomic mass is 10.3. The number of nitrogens with two attached hydrogens (primary N) is 1. The van der Waals surface area contributed by atoms with Crippen molar-refractivity contribution in [3.05, 3.63) is 22.7 Å². The summed E-state index contributed by atoms with van der Waals surface area (Å²) in [7, 11) is 0. The minimum Gasteiger partial charge on any atom is -0.330 e. The minimum atomic E-state index is 0.299. The molecule has 60 valence electrons. The molecule has 0 aliphatic heterocycles. The Labute approximate surface area is 70.6 Å². The Morgan fingerprint density at radius 2 is 2.27 bits per heavy atom. The molecule has 2 N–H and O–H groups in total. The van der Waals surface area contributed by atoms with Gasteiger partial charge in [0.2, 0.25) is 5.28 Å². The Morgan fingerprint density at radius 1 is 1.55 bits per heavy atom. The second kappa shape index (κ2) is 3.64. The molecule has 4 heteroatoms. The molecule has 0 saturated heterocycles. The number of aromatic nitrogens is 2. The van der Waals surface area contributed by atoms with Gasteiger partial charge in [-0.3, -0.25) is 0 Å². The van der Waals surface area contributed by atoms with Crippen molar-refractivity contribution in [2.24, 2.45) is 5.73 Å². The molecule has 11 heavy (non-hydrogen) atoms. The van der Waals surface area contributed by atoms with Crippen LogP contribution in [-0.2, 0) is 6.42 Å². The van der Waals surface area contributed by atoms with Crippen molar-refractivity contribution in [3.8, 4) is 0 Å². The van der Waals surface area contributed by atoms with E-state index in [9.17, 15) is 0 Å². The molecule has 0 bridgehead atoms. The number of aryl methyl sites for hydroxylation is 1. The maximum Gasteiger partial charge on any atom is 0.222 e. The quantitative estimate of drug-likeness (QED) is 0.674. The van der Waals surface area contributed by atoms with Crippen LogP contribution >= 0.6 is 11.6 Å². The fourth-order valence-corrected chi connectivity index (χ4v) is 1.11. The molecule has 0 aliphatic rings. The maximum absolute atomic E-state index is 5.62. The largest absolute Gasteiger partial charge is 0.330 e. The van der Waals surface area contributed by atoms with E-state index in [1.54, 1.807) is 0 Å². The second-order valence-electron chi connectivity index (χ2n) is 2.31. The first kappa shape index (κ1) is 8.43. The van der Waals surface area contributed by atoms with Crippen LogP contribution in [-0.4, -0.2) is 16.5 Å². The Balaban J connectivity index is 2.89. The maximum atomic E-state index is 5.62. The number of hydrogen-bond acceptors (Lipinski definition) is 3. The van der Waals surface area contributed by atoms with E-state index in [1.807, 2.05) is 13.0 Å². The molecule has 1 rings (SSSR count). The fourth-order valence-electron chi connectivity index (χ4n) is 0.871.